The van der Waals surface area contributed by atoms with Crippen molar-refractivity contribution in [3.05, 3.63) is 42.0 Å². The number of anilines is 1. The molecule has 0 aliphatic heterocycles. The number of nitrogens with two attached hydrogens (primary N) is 1. The molecule has 1 amide bonds. The molecule has 82 valence electrons. The molecule has 0 heterocycles. The number of amides is 1. The fourth-order valence-corrected chi connectivity index (χ4v) is 1.65. The molecule has 0 saturated heterocycles. The van der Waals surface area contributed by atoms with Crippen molar-refractivity contribution >= 4 is 22.4 Å². The summed E-state index contributed by atoms with van der Waals surface area (Å²) < 4.78 is 0. The molecule has 0 fully saturated rings. The fraction of sp³-hybridized carbons (Fsp3) is 0.154. The second-order valence-electron chi connectivity index (χ2n) is 3.82. The highest BCUT2D eigenvalue weighted by molar-refractivity contribution is 5.95. The van der Waals surface area contributed by atoms with Gasteiger partial charge in [0.25, 0.3) is 0 Å². The molecule has 3 N–H and O–H groups in total. The van der Waals surface area contributed by atoms with Crippen LogP contribution in [0.2, 0.25) is 0 Å². The van der Waals surface area contributed by atoms with E-state index >= 15 is 0 Å². The van der Waals surface area contributed by atoms with Gasteiger partial charge in [-0.05, 0) is 29.8 Å². The predicted octanol–water partition coefficient (Wildman–Crippen LogP) is 2.05. The number of rotatable bonds is 2. The van der Waals surface area contributed by atoms with Gasteiger partial charge < -0.3 is 11.1 Å². The zero-order chi connectivity index (χ0) is 11.5. The van der Waals surface area contributed by atoms with Gasteiger partial charge in [0.15, 0.2) is 0 Å². The van der Waals surface area contributed by atoms with Crippen molar-refractivity contribution in [1.29, 1.82) is 0 Å². The second kappa shape index (κ2) is 4.33. The summed E-state index contributed by atoms with van der Waals surface area (Å²) in [5.41, 5.74) is 7.25. The highest BCUT2D eigenvalue weighted by Crippen LogP contribution is 2.20. The minimum Gasteiger partial charge on any atom is -0.325 e. The lowest BCUT2D eigenvalue weighted by Crippen LogP contribution is -2.21. The van der Waals surface area contributed by atoms with E-state index in [1.807, 2.05) is 24.3 Å². The van der Waals surface area contributed by atoms with E-state index in [0.29, 0.717) is 0 Å². The third-order valence-electron chi connectivity index (χ3n) is 2.46. The molecule has 3 heteroatoms. The second-order valence-corrected chi connectivity index (χ2v) is 3.82. The van der Waals surface area contributed by atoms with Crippen molar-refractivity contribution < 1.29 is 4.79 Å². The molecule has 0 saturated carbocycles. The molecule has 0 spiro atoms. The molecule has 0 aliphatic carbocycles. The molecule has 3 nitrogen and oxygen atoms in total. The summed E-state index contributed by atoms with van der Waals surface area (Å²) in [6.07, 6.45) is 0. The zero-order valence-electron chi connectivity index (χ0n) is 9.16. The molecular weight excluding hydrogens is 200 g/mol. The summed E-state index contributed by atoms with van der Waals surface area (Å²) in [4.78, 5) is 11.1. The normalized spacial score (nSPS) is 10.4. The highest BCUT2D eigenvalue weighted by atomic mass is 16.1. The molecule has 0 unspecified atom stereocenters. The van der Waals surface area contributed by atoms with Gasteiger partial charge in [-0.3, -0.25) is 4.79 Å². The molecular formula is C13H14N2O. The lowest BCUT2D eigenvalue weighted by molar-refractivity contribution is -0.114. The number of nitrogens with one attached hydrogen (secondary N) is 1. The molecule has 0 atom stereocenters. The summed E-state index contributed by atoms with van der Waals surface area (Å²) >= 11 is 0. The van der Waals surface area contributed by atoms with Crippen LogP contribution in [0.4, 0.5) is 5.69 Å². The summed E-state index contributed by atoms with van der Waals surface area (Å²) in [5.74, 6) is -0.175. The Kier molecular flexibility index (Phi) is 2.88. The van der Waals surface area contributed by atoms with Crippen LogP contribution in [0.3, 0.4) is 0 Å². The number of benzene rings is 2. The SMILES string of the molecule is Cc1ccc2cc(NC(=O)CN)ccc2c1. The van der Waals surface area contributed by atoms with Gasteiger partial charge in [-0.1, -0.05) is 29.8 Å². The molecule has 2 aromatic rings. The standard InChI is InChI=1S/C13H14N2O/c1-9-2-3-11-7-12(15-13(16)8-14)5-4-10(11)6-9/h2-7H,8,14H2,1H3,(H,15,16). The minimum atomic E-state index is -0.175. The first-order valence-corrected chi connectivity index (χ1v) is 5.19. The number of hydrogen-bond acceptors (Lipinski definition) is 2. The summed E-state index contributed by atoms with van der Waals surface area (Å²) in [6.45, 7) is 2.06. The van der Waals surface area contributed by atoms with Crippen molar-refractivity contribution in [3.63, 3.8) is 0 Å². The van der Waals surface area contributed by atoms with E-state index in [9.17, 15) is 4.79 Å². The molecule has 0 radical (unpaired) electrons. The Hall–Kier alpha value is -1.87. The van der Waals surface area contributed by atoms with Crippen LogP contribution in [-0.2, 0) is 4.79 Å². The minimum absolute atomic E-state index is 0.00589. The van der Waals surface area contributed by atoms with Crippen LogP contribution < -0.4 is 11.1 Å². The van der Waals surface area contributed by atoms with Crippen LogP contribution in [0, 0.1) is 6.92 Å². The van der Waals surface area contributed by atoms with Crippen molar-refractivity contribution in [2.45, 2.75) is 6.92 Å². The van der Waals surface area contributed by atoms with Gasteiger partial charge in [0.05, 0.1) is 6.54 Å². The van der Waals surface area contributed by atoms with E-state index in [2.05, 4.69) is 24.4 Å². The summed E-state index contributed by atoms with van der Waals surface area (Å²) in [5, 5.41) is 5.02. The molecule has 2 aromatic carbocycles. The largest absolute Gasteiger partial charge is 0.325 e. The third-order valence-corrected chi connectivity index (χ3v) is 2.46. The Morgan fingerprint density at radius 2 is 1.88 bits per heavy atom. The number of aryl methyl sites for hydroxylation is 1. The van der Waals surface area contributed by atoms with Gasteiger partial charge in [0.1, 0.15) is 0 Å². The molecule has 16 heavy (non-hydrogen) atoms. The van der Waals surface area contributed by atoms with Crippen molar-refractivity contribution in [3.8, 4) is 0 Å². The highest BCUT2D eigenvalue weighted by Gasteiger charge is 2.00. The van der Waals surface area contributed by atoms with Crippen LogP contribution in [0.15, 0.2) is 36.4 Å². The Bertz CT molecular complexity index is 534. The lowest BCUT2D eigenvalue weighted by Gasteiger charge is -2.05. The zero-order valence-corrected chi connectivity index (χ0v) is 9.16. The number of carbonyl (C=O) groups is 1. The van der Waals surface area contributed by atoms with Gasteiger partial charge in [-0.2, -0.15) is 0 Å². The monoisotopic (exact) mass is 214 g/mol. The Morgan fingerprint density at radius 3 is 2.62 bits per heavy atom. The van der Waals surface area contributed by atoms with Crippen LogP contribution in [0.1, 0.15) is 5.56 Å². The topological polar surface area (TPSA) is 55.1 Å². The molecule has 0 bridgehead atoms. The quantitative estimate of drug-likeness (QED) is 0.803. The Labute approximate surface area is 94.3 Å². The van der Waals surface area contributed by atoms with Crippen LogP contribution >= 0.6 is 0 Å². The lowest BCUT2D eigenvalue weighted by atomic mass is 10.1. The maximum Gasteiger partial charge on any atom is 0.238 e. The first kappa shape index (κ1) is 10.6. The average molecular weight is 214 g/mol. The maximum absolute atomic E-state index is 11.1. The van der Waals surface area contributed by atoms with Crippen molar-refractivity contribution in [1.82, 2.24) is 0 Å². The van der Waals surface area contributed by atoms with Gasteiger partial charge in [0.2, 0.25) is 5.91 Å². The van der Waals surface area contributed by atoms with E-state index in [1.54, 1.807) is 0 Å². The predicted molar refractivity (Wildman–Crippen MR) is 66.4 cm³/mol. The number of fused-ring (bicyclic) bond motifs is 1. The summed E-state index contributed by atoms with van der Waals surface area (Å²) in [7, 11) is 0. The van der Waals surface area contributed by atoms with Gasteiger partial charge in [-0.25, -0.2) is 0 Å². The van der Waals surface area contributed by atoms with Crippen molar-refractivity contribution in [2.75, 3.05) is 11.9 Å². The first-order valence-electron chi connectivity index (χ1n) is 5.19. The first-order chi connectivity index (χ1) is 7.69. The van der Waals surface area contributed by atoms with Gasteiger partial charge >= 0.3 is 0 Å². The Balaban J connectivity index is 2.37. The summed E-state index contributed by atoms with van der Waals surface area (Å²) in [6, 6.07) is 12.0. The number of carbonyl (C=O) groups excluding carboxylic acids is 1. The van der Waals surface area contributed by atoms with E-state index in [0.717, 1.165) is 11.1 Å². The van der Waals surface area contributed by atoms with E-state index in [4.69, 9.17) is 5.73 Å². The molecule has 0 aromatic heterocycles. The number of hydrogen-bond donors (Lipinski definition) is 2. The van der Waals surface area contributed by atoms with Crippen LogP contribution in [0.5, 0.6) is 0 Å². The average Bonchev–Trinajstić information content (AvgIpc) is 2.29. The fourth-order valence-electron chi connectivity index (χ4n) is 1.65. The van der Waals surface area contributed by atoms with Crippen LogP contribution in [-0.4, -0.2) is 12.5 Å². The third kappa shape index (κ3) is 2.20. The smallest absolute Gasteiger partial charge is 0.238 e. The van der Waals surface area contributed by atoms with E-state index in [-0.39, 0.29) is 12.5 Å². The Morgan fingerprint density at radius 1 is 1.19 bits per heavy atom. The van der Waals surface area contributed by atoms with Gasteiger partial charge in [0, 0.05) is 5.69 Å². The van der Waals surface area contributed by atoms with Crippen molar-refractivity contribution in [2.24, 2.45) is 5.73 Å². The maximum atomic E-state index is 11.1. The molecule has 2 rings (SSSR count). The van der Waals surface area contributed by atoms with E-state index < -0.39 is 0 Å². The van der Waals surface area contributed by atoms with Crippen LogP contribution in [0.25, 0.3) is 10.8 Å². The van der Waals surface area contributed by atoms with E-state index in [1.165, 1.54) is 10.9 Å². The van der Waals surface area contributed by atoms with Gasteiger partial charge in [-0.15, -0.1) is 0 Å². The molecule has 0 aliphatic rings.